The van der Waals surface area contributed by atoms with Crippen LogP contribution in [0.3, 0.4) is 0 Å². The maximum absolute atomic E-state index is 12.4. The third-order valence-electron chi connectivity index (χ3n) is 18.7. The number of aliphatic hydroxyl groups excluding tert-OH is 8. The minimum absolute atomic E-state index is 0.0626. The minimum Gasteiger partial charge on any atom is -0.394 e. The van der Waals surface area contributed by atoms with Crippen LogP contribution in [0.5, 0.6) is 0 Å². The highest BCUT2D eigenvalue weighted by molar-refractivity contribution is 5.27. The Morgan fingerprint density at radius 1 is 0.683 bits per heavy atom. The Hall–Kier alpha value is -0.940. The molecule has 2 bridgehead atoms. The summed E-state index contributed by atoms with van der Waals surface area (Å²) in [7, 11) is 0. The molecule has 0 unspecified atom stereocenters. The van der Waals surface area contributed by atoms with Crippen LogP contribution < -0.4 is 0 Å². The minimum atomic E-state index is -1.79. The number of fused-ring (bicyclic) bond motifs is 4. The highest BCUT2D eigenvalue weighted by Gasteiger charge is 2.81. The van der Waals surface area contributed by atoms with E-state index in [1.54, 1.807) is 0 Å². The van der Waals surface area contributed by atoms with Crippen molar-refractivity contribution in [1.29, 1.82) is 0 Å². The average molecular weight is 899 g/mol. The third-order valence-corrected chi connectivity index (χ3v) is 18.7. The third kappa shape index (κ3) is 6.95. The summed E-state index contributed by atoms with van der Waals surface area (Å²) in [5.41, 5.74) is -0.487. The van der Waals surface area contributed by atoms with Gasteiger partial charge in [-0.05, 0) is 93.3 Å². The summed E-state index contributed by atoms with van der Waals surface area (Å²) in [5, 5.41) is 96.9. The zero-order valence-corrected chi connectivity index (χ0v) is 37.8. The van der Waals surface area contributed by atoms with E-state index in [1.165, 1.54) is 0 Å². The largest absolute Gasteiger partial charge is 0.394 e. The summed E-state index contributed by atoms with van der Waals surface area (Å²) in [6, 6.07) is 0. The molecule has 24 atom stereocenters. The standard InChI is InChI=1S/C46H74O17/c1-21(2)14-22-17-57-46-19-45(20-58-46)23(37(46)44(22,7)55)8-9-28-42(5)12-11-29(41(3,4)27(42)10-13-43(28,45)6)61-40-36(63-38-33(53)31(51)26(16-48)60-38)35(24(49)18-56-40)62-39-34(54)32(52)30(50)25(15-47)59-39/h14,22-40,47-55H,8-13,15-20H2,1-7H3/t22-,23-,24-,25-,26+,27+,28-,29+,30-,31+,32+,33-,34-,35-,36+,37+,38+,39+,40+,42+,43-,44+,45+,46-/m1/s1. The fourth-order valence-corrected chi connectivity index (χ4v) is 15.5. The van der Waals surface area contributed by atoms with Gasteiger partial charge in [-0.3, -0.25) is 0 Å². The maximum Gasteiger partial charge on any atom is 0.187 e. The first kappa shape index (κ1) is 47.1. The van der Waals surface area contributed by atoms with Crippen LogP contribution in [-0.2, 0) is 37.9 Å². The molecular weight excluding hydrogens is 824 g/mol. The Bertz CT molecular complexity index is 1710. The van der Waals surface area contributed by atoms with E-state index < -0.39 is 110 Å². The molecule has 0 aromatic heterocycles. The van der Waals surface area contributed by atoms with Gasteiger partial charge in [0.05, 0.1) is 44.7 Å². The lowest BCUT2D eigenvalue weighted by atomic mass is 9.35. The molecule has 9 fully saturated rings. The predicted molar refractivity (Wildman–Crippen MR) is 219 cm³/mol. The lowest BCUT2D eigenvalue weighted by Crippen LogP contribution is -2.68. The molecular formula is C46H74O17. The average Bonchev–Trinajstić information content (AvgIpc) is 3.85. The van der Waals surface area contributed by atoms with Crippen LogP contribution in [0.25, 0.3) is 0 Å². The van der Waals surface area contributed by atoms with Crippen LogP contribution in [0.2, 0.25) is 0 Å². The van der Waals surface area contributed by atoms with Crippen molar-refractivity contribution in [2.45, 2.75) is 191 Å². The number of rotatable bonds is 9. The molecule has 0 amide bonds. The fourth-order valence-electron chi connectivity index (χ4n) is 15.5. The monoisotopic (exact) mass is 898 g/mol. The van der Waals surface area contributed by atoms with E-state index in [4.69, 9.17) is 37.9 Å². The van der Waals surface area contributed by atoms with Crippen molar-refractivity contribution in [1.82, 2.24) is 0 Å². The lowest BCUT2D eigenvalue weighted by Gasteiger charge is -2.70. The lowest BCUT2D eigenvalue weighted by molar-refractivity contribution is -0.375. The van der Waals surface area contributed by atoms with Crippen LogP contribution in [-0.4, -0.2) is 176 Å². The normalized spacial score (nSPS) is 57.2. The number of hydrogen-bond acceptors (Lipinski definition) is 17. The summed E-state index contributed by atoms with van der Waals surface area (Å²) in [6.45, 7) is 15.1. The van der Waals surface area contributed by atoms with Gasteiger partial charge in [-0.2, -0.15) is 0 Å². The number of aliphatic hydroxyl groups is 9. The quantitative estimate of drug-likeness (QED) is 0.113. The van der Waals surface area contributed by atoms with E-state index in [1.807, 2.05) is 6.92 Å². The van der Waals surface area contributed by atoms with Crippen LogP contribution in [0, 0.1) is 51.2 Å². The van der Waals surface area contributed by atoms with Gasteiger partial charge in [0.2, 0.25) is 0 Å². The zero-order chi connectivity index (χ0) is 45.4. The molecule has 9 rings (SSSR count). The van der Waals surface area contributed by atoms with Crippen molar-refractivity contribution in [3.05, 3.63) is 11.6 Å². The second-order valence-electron chi connectivity index (χ2n) is 22.4. The smallest absolute Gasteiger partial charge is 0.187 e. The second-order valence-corrected chi connectivity index (χ2v) is 22.4. The van der Waals surface area contributed by atoms with Gasteiger partial charge < -0.3 is 83.9 Å². The molecule has 5 saturated heterocycles. The number of hydrogen-bond donors (Lipinski definition) is 9. The molecule has 4 saturated carbocycles. The van der Waals surface area contributed by atoms with Crippen LogP contribution in [0.4, 0.5) is 0 Å². The molecule has 63 heavy (non-hydrogen) atoms. The second kappa shape index (κ2) is 16.4. The van der Waals surface area contributed by atoms with Crippen molar-refractivity contribution >= 4 is 0 Å². The van der Waals surface area contributed by atoms with E-state index in [0.29, 0.717) is 25.6 Å². The molecule has 17 heteroatoms. The van der Waals surface area contributed by atoms with Crippen LogP contribution in [0.1, 0.15) is 93.4 Å². The van der Waals surface area contributed by atoms with Gasteiger partial charge in [0.1, 0.15) is 61.0 Å². The summed E-state index contributed by atoms with van der Waals surface area (Å²) >= 11 is 0. The highest BCUT2D eigenvalue weighted by Crippen LogP contribution is 2.80. The Morgan fingerprint density at radius 3 is 1.97 bits per heavy atom. The maximum atomic E-state index is 12.4. The summed E-state index contributed by atoms with van der Waals surface area (Å²) in [6.07, 6.45) is -11.3. The van der Waals surface area contributed by atoms with Crippen LogP contribution in [0.15, 0.2) is 11.6 Å². The molecule has 2 spiro atoms. The van der Waals surface area contributed by atoms with E-state index in [0.717, 1.165) is 44.1 Å². The molecule has 4 aliphatic carbocycles. The fraction of sp³-hybridized carbons (Fsp3) is 0.957. The Kier molecular flexibility index (Phi) is 12.2. The van der Waals surface area contributed by atoms with Gasteiger partial charge >= 0.3 is 0 Å². The van der Waals surface area contributed by atoms with E-state index in [9.17, 15) is 46.0 Å². The van der Waals surface area contributed by atoms with Gasteiger partial charge in [0.15, 0.2) is 24.7 Å². The number of ether oxygens (including phenoxy) is 8. The zero-order valence-electron chi connectivity index (χ0n) is 37.8. The molecule has 5 aliphatic heterocycles. The van der Waals surface area contributed by atoms with Crippen molar-refractivity contribution in [3.8, 4) is 0 Å². The molecule has 0 radical (unpaired) electrons. The van der Waals surface area contributed by atoms with E-state index in [2.05, 4.69) is 47.6 Å². The van der Waals surface area contributed by atoms with E-state index >= 15 is 0 Å². The van der Waals surface area contributed by atoms with Crippen LogP contribution >= 0.6 is 0 Å². The van der Waals surface area contributed by atoms with Gasteiger partial charge in [-0.1, -0.05) is 39.3 Å². The van der Waals surface area contributed by atoms with Gasteiger partial charge in [0, 0.05) is 23.7 Å². The molecule has 9 N–H and O–H groups in total. The van der Waals surface area contributed by atoms with Gasteiger partial charge in [-0.15, -0.1) is 0 Å². The molecule has 5 heterocycles. The first-order valence-corrected chi connectivity index (χ1v) is 23.4. The molecule has 17 nitrogen and oxygen atoms in total. The van der Waals surface area contributed by atoms with Gasteiger partial charge in [-0.25, -0.2) is 0 Å². The van der Waals surface area contributed by atoms with Crippen molar-refractivity contribution < 1.29 is 83.9 Å². The Balaban J connectivity index is 0.970. The summed E-state index contributed by atoms with van der Waals surface area (Å²) in [5.74, 6) is -0.140. The molecule has 360 valence electrons. The summed E-state index contributed by atoms with van der Waals surface area (Å²) < 4.78 is 50.5. The van der Waals surface area contributed by atoms with Crippen molar-refractivity contribution in [2.24, 2.45) is 51.2 Å². The SMILES string of the molecule is CC(C)=C[C@@H]1CO[C@]23C[C@]4(CO2)[C@H](CC[C@@H]2[C@@]5(C)CC[C@H](O[C@@H]6OC[C@@H](O)[C@@H](O[C@@H]7O[C@H](CO)[C@@H](O)[C@H](O)[C@H]7O)[C@@H]6O[C@@H]6O[C@@H](CO)[C@H](O)[C@H]6O)C(C)(C)[C@@H]5CC[C@]24C)[C@H]3[C@@]1(C)O. The topological polar surface area (TPSA) is 256 Å². The first-order chi connectivity index (χ1) is 29.6. The Labute approximate surface area is 369 Å². The van der Waals surface area contributed by atoms with E-state index in [-0.39, 0.29) is 52.6 Å². The Morgan fingerprint density at radius 2 is 1.32 bits per heavy atom. The molecule has 0 aromatic rings. The summed E-state index contributed by atoms with van der Waals surface area (Å²) in [4.78, 5) is 0. The molecule has 0 aromatic carbocycles. The highest BCUT2D eigenvalue weighted by atomic mass is 16.8. The predicted octanol–water partition coefficient (Wildman–Crippen LogP) is 0.463. The molecule has 9 aliphatic rings. The van der Waals surface area contributed by atoms with Crippen molar-refractivity contribution in [2.75, 3.05) is 33.0 Å². The van der Waals surface area contributed by atoms with Gasteiger partial charge in [0.25, 0.3) is 0 Å². The first-order valence-electron chi connectivity index (χ1n) is 23.4. The number of allylic oxidation sites excluding steroid dienone is 1. The van der Waals surface area contributed by atoms with Crippen molar-refractivity contribution in [3.63, 3.8) is 0 Å².